The molecule has 3 N–H and O–H groups in total. The van der Waals surface area contributed by atoms with Crippen molar-refractivity contribution in [3.8, 4) is 0 Å². The number of hydrogen-bond acceptors (Lipinski definition) is 4. The number of aromatic nitrogens is 3. The topological polar surface area (TPSA) is 89.1 Å². The largest absolute Gasteiger partial charge is 0.351 e. The van der Waals surface area contributed by atoms with Crippen LogP contribution in [0.15, 0.2) is 6.33 Å². The van der Waals surface area contributed by atoms with Crippen molar-refractivity contribution in [3.63, 3.8) is 0 Å². The lowest BCUT2D eigenvalue weighted by Gasteiger charge is -2.32. The van der Waals surface area contributed by atoms with Crippen molar-refractivity contribution in [1.82, 2.24) is 25.0 Å². The van der Waals surface area contributed by atoms with Gasteiger partial charge < -0.3 is 20.5 Å². The molecule has 100 valence electrons. The third-order valence-electron chi connectivity index (χ3n) is 3.43. The predicted molar refractivity (Wildman–Crippen MR) is 66.7 cm³/mol. The highest BCUT2D eigenvalue weighted by atomic mass is 16.2. The molecule has 0 spiro atoms. The molecule has 1 fully saturated rings. The fourth-order valence-electron chi connectivity index (χ4n) is 2.38. The van der Waals surface area contributed by atoms with Crippen LogP contribution in [-0.4, -0.2) is 44.8 Å². The molecule has 1 aromatic heterocycles. The highest BCUT2D eigenvalue weighted by Gasteiger charge is 2.23. The van der Waals surface area contributed by atoms with E-state index in [4.69, 9.17) is 5.73 Å². The van der Waals surface area contributed by atoms with Crippen LogP contribution in [-0.2, 0) is 7.05 Å². The number of carbonyl (C=O) groups is 1. The van der Waals surface area contributed by atoms with E-state index < -0.39 is 0 Å². The Balaban J connectivity index is 1.85. The van der Waals surface area contributed by atoms with E-state index >= 15 is 0 Å². The van der Waals surface area contributed by atoms with Gasteiger partial charge in [-0.15, -0.1) is 10.2 Å². The van der Waals surface area contributed by atoms with Crippen LogP contribution in [0.3, 0.4) is 0 Å². The van der Waals surface area contributed by atoms with Crippen LogP contribution in [0.4, 0.5) is 4.79 Å². The number of carbonyl (C=O) groups excluding carboxylic acids is 1. The third-order valence-corrected chi connectivity index (χ3v) is 3.43. The Kier molecular flexibility index (Phi) is 3.81. The Hall–Kier alpha value is -1.63. The van der Waals surface area contributed by atoms with Gasteiger partial charge in [-0.25, -0.2) is 4.79 Å². The second kappa shape index (κ2) is 5.34. The lowest BCUT2D eigenvalue weighted by atomic mass is 10.0. The molecule has 0 bridgehead atoms. The minimum Gasteiger partial charge on any atom is -0.351 e. The molecule has 2 rings (SSSR count). The van der Waals surface area contributed by atoms with Crippen molar-refractivity contribution >= 4 is 6.03 Å². The van der Waals surface area contributed by atoms with E-state index in [1.54, 1.807) is 11.2 Å². The minimum atomic E-state index is -0.324. The fraction of sp³-hybridized carbons (Fsp3) is 0.727. The second-order valence-corrected chi connectivity index (χ2v) is 4.79. The van der Waals surface area contributed by atoms with Crippen LogP contribution in [0.1, 0.15) is 31.6 Å². The first kappa shape index (κ1) is 12.8. The van der Waals surface area contributed by atoms with Gasteiger partial charge in [0.25, 0.3) is 0 Å². The number of rotatable bonds is 3. The monoisotopic (exact) mass is 252 g/mol. The molecule has 0 saturated carbocycles. The number of aryl methyl sites for hydroxylation is 1. The number of hydrogen-bond donors (Lipinski definition) is 2. The molecule has 2 amide bonds. The van der Waals surface area contributed by atoms with E-state index in [9.17, 15) is 4.79 Å². The first-order valence-electron chi connectivity index (χ1n) is 6.22. The molecule has 18 heavy (non-hydrogen) atoms. The lowest BCUT2D eigenvalue weighted by molar-refractivity contribution is 0.182. The summed E-state index contributed by atoms with van der Waals surface area (Å²) < 4.78 is 1.91. The highest BCUT2D eigenvalue weighted by molar-refractivity contribution is 5.72. The molecular formula is C11H20N6O. The van der Waals surface area contributed by atoms with Crippen molar-refractivity contribution in [2.24, 2.45) is 12.8 Å². The van der Waals surface area contributed by atoms with Gasteiger partial charge in [-0.2, -0.15) is 0 Å². The molecule has 1 aromatic rings. The Morgan fingerprint density at radius 1 is 1.56 bits per heavy atom. The number of urea groups is 1. The summed E-state index contributed by atoms with van der Waals surface area (Å²) in [6.07, 6.45) is 3.54. The maximum atomic E-state index is 11.0. The standard InChI is InChI=1S/C11H20N6O/c1-8(10-15-13-7-16(10)2)14-9-3-5-17(6-4-9)11(12)18/h7-9,14H,3-6H2,1-2H3,(H2,12,18). The number of nitrogens with two attached hydrogens (primary N) is 1. The number of primary amides is 1. The van der Waals surface area contributed by atoms with Crippen LogP contribution in [0.5, 0.6) is 0 Å². The molecule has 1 aliphatic rings. The summed E-state index contributed by atoms with van der Waals surface area (Å²) in [6, 6.07) is 0.227. The number of piperidine rings is 1. The summed E-state index contributed by atoms with van der Waals surface area (Å²) >= 11 is 0. The predicted octanol–water partition coefficient (Wildman–Crippen LogP) is 0.00880. The zero-order chi connectivity index (χ0) is 13.1. The number of amides is 2. The Morgan fingerprint density at radius 3 is 2.72 bits per heavy atom. The number of likely N-dealkylation sites (tertiary alicyclic amines) is 1. The van der Waals surface area contributed by atoms with E-state index in [0.29, 0.717) is 6.04 Å². The molecule has 1 saturated heterocycles. The molecule has 0 aliphatic carbocycles. The first-order valence-corrected chi connectivity index (χ1v) is 6.22. The summed E-state index contributed by atoms with van der Waals surface area (Å²) in [5.74, 6) is 0.923. The minimum absolute atomic E-state index is 0.155. The average molecular weight is 252 g/mol. The fourth-order valence-corrected chi connectivity index (χ4v) is 2.38. The average Bonchev–Trinajstić information content (AvgIpc) is 2.76. The molecular weight excluding hydrogens is 232 g/mol. The lowest BCUT2D eigenvalue weighted by Crippen LogP contribution is -2.47. The zero-order valence-corrected chi connectivity index (χ0v) is 10.8. The molecule has 1 unspecified atom stereocenters. The molecule has 1 aliphatic heterocycles. The van der Waals surface area contributed by atoms with Gasteiger partial charge in [0.05, 0.1) is 6.04 Å². The molecule has 0 radical (unpaired) electrons. The molecule has 2 heterocycles. The van der Waals surface area contributed by atoms with Gasteiger partial charge >= 0.3 is 6.03 Å². The smallest absolute Gasteiger partial charge is 0.314 e. The van der Waals surface area contributed by atoms with Crippen molar-refractivity contribution in [3.05, 3.63) is 12.2 Å². The van der Waals surface area contributed by atoms with Gasteiger partial charge in [-0.1, -0.05) is 0 Å². The first-order chi connectivity index (χ1) is 8.58. The molecule has 7 nitrogen and oxygen atoms in total. The summed E-state index contributed by atoms with van der Waals surface area (Å²) in [5, 5.41) is 11.5. The van der Waals surface area contributed by atoms with E-state index in [1.807, 2.05) is 11.6 Å². The van der Waals surface area contributed by atoms with Crippen LogP contribution in [0.25, 0.3) is 0 Å². The van der Waals surface area contributed by atoms with Crippen LogP contribution in [0, 0.1) is 0 Å². The van der Waals surface area contributed by atoms with Crippen LogP contribution in [0.2, 0.25) is 0 Å². The normalized spacial score (nSPS) is 18.9. The molecule has 7 heteroatoms. The third kappa shape index (κ3) is 2.79. The quantitative estimate of drug-likeness (QED) is 0.793. The SMILES string of the molecule is CC(NC1CCN(C(N)=O)CC1)c1nncn1C. The number of nitrogens with one attached hydrogen (secondary N) is 1. The zero-order valence-electron chi connectivity index (χ0n) is 10.8. The summed E-state index contributed by atoms with van der Waals surface area (Å²) in [4.78, 5) is 12.7. The van der Waals surface area contributed by atoms with Gasteiger partial charge in [0.15, 0.2) is 0 Å². The molecule has 0 aromatic carbocycles. The van der Waals surface area contributed by atoms with Gasteiger partial charge in [-0.05, 0) is 19.8 Å². The Bertz CT molecular complexity index is 409. The van der Waals surface area contributed by atoms with E-state index in [-0.39, 0.29) is 12.1 Å². The summed E-state index contributed by atoms with van der Waals surface area (Å²) in [6.45, 7) is 3.52. The highest BCUT2D eigenvalue weighted by Crippen LogP contribution is 2.15. The summed E-state index contributed by atoms with van der Waals surface area (Å²) in [5.41, 5.74) is 5.26. The number of nitrogens with zero attached hydrogens (tertiary/aromatic N) is 4. The van der Waals surface area contributed by atoms with Gasteiger partial charge in [0.2, 0.25) is 0 Å². The second-order valence-electron chi connectivity index (χ2n) is 4.79. The van der Waals surface area contributed by atoms with Gasteiger partial charge in [-0.3, -0.25) is 0 Å². The molecule has 1 atom stereocenters. The van der Waals surface area contributed by atoms with Crippen molar-refractivity contribution < 1.29 is 4.79 Å². The maximum Gasteiger partial charge on any atom is 0.314 e. The van der Waals surface area contributed by atoms with Crippen LogP contribution >= 0.6 is 0 Å². The Morgan fingerprint density at radius 2 is 2.22 bits per heavy atom. The Labute approximate surface area is 106 Å². The van der Waals surface area contributed by atoms with E-state index in [1.165, 1.54) is 0 Å². The van der Waals surface area contributed by atoms with Crippen LogP contribution < -0.4 is 11.1 Å². The van der Waals surface area contributed by atoms with E-state index in [0.717, 1.165) is 31.8 Å². The van der Waals surface area contributed by atoms with E-state index in [2.05, 4.69) is 22.4 Å². The van der Waals surface area contributed by atoms with Crippen molar-refractivity contribution in [1.29, 1.82) is 0 Å². The van der Waals surface area contributed by atoms with Crippen molar-refractivity contribution in [2.45, 2.75) is 31.8 Å². The summed E-state index contributed by atoms with van der Waals surface area (Å²) in [7, 11) is 1.93. The van der Waals surface area contributed by atoms with Gasteiger partial charge in [0, 0.05) is 26.2 Å². The van der Waals surface area contributed by atoms with Crippen molar-refractivity contribution in [2.75, 3.05) is 13.1 Å². The maximum absolute atomic E-state index is 11.0. The van der Waals surface area contributed by atoms with Gasteiger partial charge in [0.1, 0.15) is 12.2 Å².